The summed E-state index contributed by atoms with van der Waals surface area (Å²) in [6.45, 7) is 1.72. The smallest absolute Gasteiger partial charge is 0.152 e. The Labute approximate surface area is 104 Å². The van der Waals surface area contributed by atoms with Crippen molar-refractivity contribution in [3.05, 3.63) is 23.8 Å². The van der Waals surface area contributed by atoms with E-state index in [9.17, 15) is 9.32 Å². The van der Waals surface area contributed by atoms with E-state index in [0.717, 1.165) is 37.2 Å². The molecule has 0 saturated carbocycles. The number of anilines is 1. The number of hydrogen-bond acceptors (Lipinski definition) is 3. The Bertz CT molecular complexity index is 422. The third kappa shape index (κ3) is 2.98. The number of phenols is 1. The standard InChI is InChI=1S/C12H17NO3S/c14-12-6-1-5-11-10(12)4-2-7-13(11)8-3-9-17(15)16/h1,5-6,14H,2-4,7-9H2,(H,15,16). The summed E-state index contributed by atoms with van der Waals surface area (Å²) in [6, 6.07) is 5.56. The van der Waals surface area contributed by atoms with E-state index in [0.29, 0.717) is 17.9 Å². The van der Waals surface area contributed by atoms with E-state index >= 15 is 0 Å². The number of rotatable bonds is 4. The molecule has 1 unspecified atom stereocenters. The van der Waals surface area contributed by atoms with E-state index in [4.69, 9.17) is 4.55 Å². The van der Waals surface area contributed by atoms with E-state index < -0.39 is 11.1 Å². The van der Waals surface area contributed by atoms with Gasteiger partial charge in [-0.2, -0.15) is 0 Å². The maximum Gasteiger partial charge on any atom is 0.152 e. The van der Waals surface area contributed by atoms with Gasteiger partial charge in [0.1, 0.15) is 5.75 Å². The maximum atomic E-state index is 10.6. The lowest BCUT2D eigenvalue weighted by molar-refractivity contribution is 0.464. The van der Waals surface area contributed by atoms with Crippen molar-refractivity contribution < 1.29 is 13.9 Å². The summed E-state index contributed by atoms with van der Waals surface area (Å²) in [5.41, 5.74) is 2.07. The molecule has 17 heavy (non-hydrogen) atoms. The Morgan fingerprint density at radius 1 is 1.41 bits per heavy atom. The molecule has 1 aliphatic rings. The highest BCUT2D eigenvalue weighted by Crippen LogP contribution is 2.33. The van der Waals surface area contributed by atoms with Gasteiger partial charge in [-0.1, -0.05) is 6.07 Å². The van der Waals surface area contributed by atoms with Gasteiger partial charge in [0, 0.05) is 24.3 Å². The fourth-order valence-corrected chi connectivity index (χ4v) is 2.67. The zero-order valence-electron chi connectivity index (χ0n) is 9.63. The van der Waals surface area contributed by atoms with Crippen LogP contribution in [0.5, 0.6) is 5.75 Å². The average Bonchev–Trinajstić information content (AvgIpc) is 2.30. The molecule has 1 atom stereocenters. The molecule has 4 nitrogen and oxygen atoms in total. The predicted octanol–water partition coefficient (Wildman–Crippen LogP) is 1.76. The number of nitrogens with zero attached hydrogens (tertiary/aromatic N) is 1. The lowest BCUT2D eigenvalue weighted by atomic mass is 10.0. The fraction of sp³-hybridized carbons (Fsp3) is 0.500. The highest BCUT2D eigenvalue weighted by atomic mass is 32.2. The third-order valence-electron chi connectivity index (χ3n) is 3.07. The van der Waals surface area contributed by atoms with E-state index in [1.165, 1.54) is 0 Å². The lowest BCUT2D eigenvalue weighted by Crippen LogP contribution is -2.30. The van der Waals surface area contributed by atoms with Crippen LogP contribution < -0.4 is 4.90 Å². The second-order valence-electron chi connectivity index (χ2n) is 4.24. The van der Waals surface area contributed by atoms with Gasteiger partial charge >= 0.3 is 0 Å². The summed E-state index contributed by atoms with van der Waals surface area (Å²) >= 11 is -1.71. The van der Waals surface area contributed by atoms with Crippen molar-refractivity contribution in [2.75, 3.05) is 23.7 Å². The molecule has 0 radical (unpaired) electrons. The maximum absolute atomic E-state index is 10.6. The number of hydrogen-bond donors (Lipinski definition) is 2. The molecular weight excluding hydrogens is 238 g/mol. The van der Waals surface area contributed by atoms with Crippen LogP contribution in [0.2, 0.25) is 0 Å². The second-order valence-corrected chi connectivity index (χ2v) is 5.30. The van der Waals surface area contributed by atoms with Crippen molar-refractivity contribution >= 4 is 16.8 Å². The van der Waals surface area contributed by atoms with Gasteiger partial charge in [-0.3, -0.25) is 0 Å². The van der Waals surface area contributed by atoms with Crippen LogP contribution in [0.25, 0.3) is 0 Å². The van der Waals surface area contributed by atoms with Gasteiger partial charge in [0.05, 0.1) is 5.75 Å². The number of benzene rings is 1. The molecule has 94 valence electrons. The van der Waals surface area contributed by atoms with Crippen LogP contribution in [-0.2, 0) is 17.5 Å². The van der Waals surface area contributed by atoms with E-state index in [1.54, 1.807) is 6.07 Å². The first-order valence-corrected chi connectivity index (χ1v) is 7.09. The van der Waals surface area contributed by atoms with Crippen molar-refractivity contribution in [1.82, 2.24) is 0 Å². The van der Waals surface area contributed by atoms with Crippen LogP contribution >= 0.6 is 0 Å². The molecule has 0 saturated heterocycles. The summed E-state index contributed by atoms with van der Waals surface area (Å²) in [7, 11) is 0. The van der Waals surface area contributed by atoms with Gasteiger partial charge in [0.15, 0.2) is 11.1 Å². The average molecular weight is 255 g/mol. The van der Waals surface area contributed by atoms with Crippen molar-refractivity contribution in [3.63, 3.8) is 0 Å². The van der Waals surface area contributed by atoms with Crippen molar-refractivity contribution in [2.24, 2.45) is 0 Å². The van der Waals surface area contributed by atoms with Crippen LogP contribution in [0.3, 0.4) is 0 Å². The summed E-state index contributed by atoms with van der Waals surface area (Å²) in [4.78, 5) is 2.19. The lowest BCUT2D eigenvalue weighted by Gasteiger charge is -2.31. The molecule has 0 amide bonds. The summed E-state index contributed by atoms with van der Waals surface area (Å²) in [5.74, 6) is 0.669. The molecule has 0 aliphatic carbocycles. The normalized spacial score (nSPS) is 16.6. The highest BCUT2D eigenvalue weighted by molar-refractivity contribution is 7.79. The zero-order valence-corrected chi connectivity index (χ0v) is 10.4. The topological polar surface area (TPSA) is 60.8 Å². The highest BCUT2D eigenvalue weighted by Gasteiger charge is 2.18. The van der Waals surface area contributed by atoms with Gasteiger partial charge < -0.3 is 14.6 Å². The Hall–Kier alpha value is -1.07. The minimum atomic E-state index is -1.71. The first-order chi connectivity index (χ1) is 8.18. The quantitative estimate of drug-likeness (QED) is 0.805. The van der Waals surface area contributed by atoms with E-state index in [-0.39, 0.29) is 0 Å². The molecule has 2 rings (SSSR count). The van der Waals surface area contributed by atoms with Crippen LogP contribution in [-0.4, -0.2) is 32.7 Å². The Balaban J connectivity index is 2.07. The van der Waals surface area contributed by atoms with E-state index in [2.05, 4.69) is 4.90 Å². The first kappa shape index (κ1) is 12.4. The Morgan fingerprint density at radius 2 is 2.24 bits per heavy atom. The largest absolute Gasteiger partial charge is 0.508 e. The molecule has 1 aromatic carbocycles. The first-order valence-electron chi connectivity index (χ1n) is 5.82. The van der Waals surface area contributed by atoms with Gasteiger partial charge in [0.25, 0.3) is 0 Å². The molecule has 0 bridgehead atoms. The van der Waals surface area contributed by atoms with Crippen LogP contribution in [0, 0.1) is 0 Å². The van der Waals surface area contributed by atoms with Crippen molar-refractivity contribution in [3.8, 4) is 5.75 Å². The minimum absolute atomic E-state index is 0.310. The molecular formula is C12H17NO3S. The molecule has 1 aromatic rings. The van der Waals surface area contributed by atoms with Gasteiger partial charge in [-0.25, -0.2) is 4.21 Å². The minimum Gasteiger partial charge on any atom is -0.508 e. The molecule has 1 heterocycles. The predicted molar refractivity (Wildman–Crippen MR) is 68.9 cm³/mol. The second kappa shape index (κ2) is 5.51. The third-order valence-corrected chi connectivity index (χ3v) is 3.71. The summed E-state index contributed by atoms with van der Waals surface area (Å²) in [5, 5.41) is 9.77. The summed E-state index contributed by atoms with van der Waals surface area (Å²) in [6.07, 6.45) is 2.62. The number of fused-ring (bicyclic) bond motifs is 1. The zero-order chi connectivity index (χ0) is 12.3. The van der Waals surface area contributed by atoms with Crippen molar-refractivity contribution in [1.29, 1.82) is 0 Å². The summed E-state index contributed by atoms with van der Waals surface area (Å²) < 4.78 is 19.3. The molecule has 0 aromatic heterocycles. The number of aromatic hydroxyl groups is 1. The molecule has 0 fully saturated rings. The Morgan fingerprint density at radius 3 is 3.00 bits per heavy atom. The molecule has 0 spiro atoms. The Kier molecular flexibility index (Phi) is 4.02. The van der Waals surface area contributed by atoms with Crippen LogP contribution in [0.1, 0.15) is 18.4 Å². The SMILES string of the molecule is O=S(O)CCCN1CCCc2c(O)cccc21. The van der Waals surface area contributed by atoms with Crippen LogP contribution in [0.15, 0.2) is 18.2 Å². The number of phenolic OH excluding ortho intramolecular Hbond substituents is 1. The monoisotopic (exact) mass is 255 g/mol. The van der Waals surface area contributed by atoms with Gasteiger partial charge in [-0.15, -0.1) is 0 Å². The fourth-order valence-electron chi connectivity index (χ4n) is 2.29. The van der Waals surface area contributed by atoms with Gasteiger partial charge in [0.2, 0.25) is 0 Å². The molecule has 1 aliphatic heterocycles. The van der Waals surface area contributed by atoms with E-state index in [1.807, 2.05) is 12.1 Å². The van der Waals surface area contributed by atoms with Gasteiger partial charge in [-0.05, 0) is 31.4 Å². The van der Waals surface area contributed by atoms with Crippen LogP contribution in [0.4, 0.5) is 5.69 Å². The molecule has 2 N–H and O–H groups in total. The van der Waals surface area contributed by atoms with Crippen molar-refractivity contribution in [2.45, 2.75) is 19.3 Å². The molecule has 5 heteroatoms.